The van der Waals surface area contributed by atoms with Crippen molar-refractivity contribution in [3.8, 4) is 0 Å². The predicted molar refractivity (Wildman–Crippen MR) is 73.3 cm³/mol. The van der Waals surface area contributed by atoms with Crippen LogP contribution in [0.1, 0.15) is 31.4 Å². The van der Waals surface area contributed by atoms with Crippen LogP contribution in [0.4, 0.5) is 0 Å². The summed E-state index contributed by atoms with van der Waals surface area (Å²) in [5, 5.41) is 9.70. The zero-order chi connectivity index (χ0) is 12.9. The van der Waals surface area contributed by atoms with Crippen LogP contribution in [0.3, 0.4) is 0 Å². The first-order chi connectivity index (χ1) is 7.87. The Labute approximate surface area is 105 Å². The summed E-state index contributed by atoms with van der Waals surface area (Å²) in [4.78, 5) is 2.19. The fourth-order valence-corrected chi connectivity index (χ4v) is 2.16. The molecule has 2 nitrogen and oxygen atoms in total. The van der Waals surface area contributed by atoms with Gasteiger partial charge in [-0.2, -0.15) is 0 Å². The quantitative estimate of drug-likeness (QED) is 0.819. The SMILES string of the molecule is Cc1cccc(CCCN(C)CC(C)(C)O)c1. The van der Waals surface area contributed by atoms with Crippen molar-refractivity contribution in [1.29, 1.82) is 0 Å². The van der Waals surface area contributed by atoms with Gasteiger partial charge in [0.1, 0.15) is 0 Å². The van der Waals surface area contributed by atoms with Crippen LogP contribution in [0, 0.1) is 6.92 Å². The Hall–Kier alpha value is -0.860. The summed E-state index contributed by atoms with van der Waals surface area (Å²) in [6, 6.07) is 8.67. The minimum Gasteiger partial charge on any atom is -0.389 e. The minimum absolute atomic E-state index is 0.599. The molecule has 0 heterocycles. The average Bonchev–Trinajstić information content (AvgIpc) is 2.14. The molecule has 1 N–H and O–H groups in total. The summed E-state index contributed by atoms with van der Waals surface area (Å²) >= 11 is 0. The van der Waals surface area contributed by atoms with Crippen LogP contribution >= 0.6 is 0 Å². The van der Waals surface area contributed by atoms with Gasteiger partial charge in [0.15, 0.2) is 0 Å². The highest BCUT2D eigenvalue weighted by Crippen LogP contribution is 2.08. The van der Waals surface area contributed by atoms with Gasteiger partial charge in [0, 0.05) is 6.54 Å². The number of aryl methyl sites for hydroxylation is 2. The van der Waals surface area contributed by atoms with Crippen molar-refractivity contribution in [2.45, 2.75) is 39.2 Å². The highest BCUT2D eigenvalue weighted by molar-refractivity contribution is 5.22. The first-order valence-corrected chi connectivity index (χ1v) is 6.33. The molecule has 0 radical (unpaired) electrons. The lowest BCUT2D eigenvalue weighted by atomic mass is 10.1. The van der Waals surface area contributed by atoms with E-state index in [9.17, 15) is 5.11 Å². The Morgan fingerprint density at radius 3 is 2.59 bits per heavy atom. The molecule has 96 valence electrons. The van der Waals surface area contributed by atoms with Gasteiger partial charge in [-0.3, -0.25) is 0 Å². The summed E-state index contributed by atoms with van der Waals surface area (Å²) in [5.74, 6) is 0. The molecule has 1 aromatic carbocycles. The lowest BCUT2D eigenvalue weighted by Gasteiger charge is -2.25. The van der Waals surface area contributed by atoms with Gasteiger partial charge >= 0.3 is 0 Å². The monoisotopic (exact) mass is 235 g/mol. The van der Waals surface area contributed by atoms with Crippen LogP contribution in [0.25, 0.3) is 0 Å². The highest BCUT2D eigenvalue weighted by atomic mass is 16.3. The number of likely N-dealkylation sites (N-methyl/N-ethyl adjacent to an activating group) is 1. The number of aliphatic hydroxyl groups is 1. The van der Waals surface area contributed by atoms with Crippen LogP contribution in [-0.2, 0) is 6.42 Å². The molecular weight excluding hydrogens is 210 g/mol. The summed E-state index contributed by atoms with van der Waals surface area (Å²) in [7, 11) is 2.06. The van der Waals surface area contributed by atoms with Crippen molar-refractivity contribution in [1.82, 2.24) is 4.90 Å². The molecule has 2 heteroatoms. The zero-order valence-corrected chi connectivity index (χ0v) is 11.5. The maximum Gasteiger partial charge on any atom is 0.0718 e. The van der Waals surface area contributed by atoms with Gasteiger partial charge < -0.3 is 10.0 Å². The topological polar surface area (TPSA) is 23.5 Å². The molecule has 0 saturated heterocycles. The van der Waals surface area contributed by atoms with Gasteiger partial charge in [-0.25, -0.2) is 0 Å². The molecular formula is C15H25NO. The molecule has 0 unspecified atom stereocenters. The number of hydrogen-bond acceptors (Lipinski definition) is 2. The van der Waals surface area contributed by atoms with E-state index in [1.165, 1.54) is 11.1 Å². The second-order valence-electron chi connectivity index (χ2n) is 5.64. The average molecular weight is 235 g/mol. The van der Waals surface area contributed by atoms with Gasteiger partial charge in [0.2, 0.25) is 0 Å². The van der Waals surface area contributed by atoms with E-state index in [4.69, 9.17) is 0 Å². The normalized spacial score (nSPS) is 12.1. The Morgan fingerprint density at radius 1 is 1.29 bits per heavy atom. The van der Waals surface area contributed by atoms with Crippen LogP contribution in [-0.4, -0.2) is 35.7 Å². The lowest BCUT2D eigenvalue weighted by molar-refractivity contribution is 0.0444. The van der Waals surface area contributed by atoms with E-state index in [0.717, 1.165) is 25.9 Å². The summed E-state index contributed by atoms with van der Waals surface area (Å²) in [6.45, 7) is 7.58. The van der Waals surface area contributed by atoms with E-state index >= 15 is 0 Å². The maximum absolute atomic E-state index is 9.70. The molecule has 0 fully saturated rings. The molecule has 0 aromatic heterocycles. The number of rotatable bonds is 6. The number of benzene rings is 1. The highest BCUT2D eigenvalue weighted by Gasteiger charge is 2.14. The molecule has 0 aliphatic rings. The van der Waals surface area contributed by atoms with Crippen molar-refractivity contribution in [2.75, 3.05) is 20.1 Å². The van der Waals surface area contributed by atoms with Gasteiger partial charge in [0.25, 0.3) is 0 Å². The molecule has 0 aliphatic heterocycles. The van der Waals surface area contributed by atoms with Crippen LogP contribution in [0.5, 0.6) is 0 Å². The molecule has 0 amide bonds. The van der Waals surface area contributed by atoms with Gasteiger partial charge in [-0.05, 0) is 52.8 Å². The van der Waals surface area contributed by atoms with E-state index in [1.54, 1.807) is 0 Å². The maximum atomic E-state index is 9.70. The molecule has 0 bridgehead atoms. The molecule has 17 heavy (non-hydrogen) atoms. The smallest absolute Gasteiger partial charge is 0.0718 e. The Kier molecular flexibility index (Phi) is 5.16. The predicted octanol–water partition coefficient (Wildman–Crippen LogP) is 2.63. The van der Waals surface area contributed by atoms with Crippen LogP contribution < -0.4 is 0 Å². The van der Waals surface area contributed by atoms with Crippen molar-refractivity contribution >= 4 is 0 Å². The number of hydrogen-bond donors (Lipinski definition) is 1. The third-order valence-electron chi connectivity index (χ3n) is 2.74. The summed E-state index contributed by atoms with van der Waals surface area (Å²) < 4.78 is 0. The molecule has 0 spiro atoms. The molecule has 0 saturated carbocycles. The summed E-state index contributed by atoms with van der Waals surface area (Å²) in [6.07, 6.45) is 2.24. The van der Waals surface area contributed by atoms with E-state index < -0.39 is 5.60 Å². The first-order valence-electron chi connectivity index (χ1n) is 6.33. The van der Waals surface area contributed by atoms with E-state index in [2.05, 4.69) is 43.1 Å². The molecule has 1 aromatic rings. The van der Waals surface area contributed by atoms with Crippen molar-refractivity contribution < 1.29 is 5.11 Å². The van der Waals surface area contributed by atoms with Crippen LogP contribution in [0.15, 0.2) is 24.3 Å². The Bertz CT molecular complexity index is 341. The van der Waals surface area contributed by atoms with E-state index in [0.29, 0.717) is 0 Å². The van der Waals surface area contributed by atoms with Gasteiger partial charge in [-0.15, -0.1) is 0 Å². The largest absolute Gasteiger partial charge is 0.389 e. The Morgan fingerprint density at radius 2 is 2.00 bits per heavy atom. The molecule has 0 aliphatic carbocycles. The van der Waals surface area contributed by atoms with Gasteiger partial charge in [-0.1, -0.05) is 29.8 Å². The fourth-order valence-electron chi connectivity index (χ4n) is 2.16. The van der Waals surface area contributed by atoms with E-state index in [-0.39, 0.29) is 0 Å². The Balaban J connectivity index is 2.28. The molecule has 1 rings (SSSR count). The molecule has 0 atom stereocenters. The van der Waals surface area contributed by atoms with Gasteiger partial charge in [0.05, 0.1) is 5.60 Å². The van der Waals surface area contributed by atoms with E-state index in [1.807, 2.05) is 13.8 Å². The first kappa shape index (κ1) is 14.2. The van der Waals surface area contributed by atoms with Crippen molar-refractivity contribution in [3.63, 3.8) is 0 Å². The second-order valence-corrected chi connectivity index (χ2v) is 5.64. The number of nitrogens with zero attached hydrogens (tertiary/aromatic N) is 1. The summed E-state index contributed by atoms with van der Waals surface area (Å²) in [5.41, 5.74) is 2.13. The fraction of sp³-hybridized carbons (Fsp3) is 0.600. The van der Waals surface area contributed by atoms with Crippen molar-refractivity contribution in [2.24, 2.45) is 0 Å². The van der Waals surface area contributed by atoms with Crippen LogP contribution in [0.2, 0.25) is 0 Å². The zero-order valence-electron chi connectivity index (χ0n) is 11.5. The standard InChI is InChI=1S/C15H25NO/c1-13-7-5-8-14(11-13)9-6-10-16(4)12-15(2,3)17/h5,7-8,11,17H,6,9-10,12H2,1-4H3. The third kappa shape index (κ3) is 6.44. The second kappa shape index (κ2) is 6.18. The lowest BCUT2D eigenvalue weighted by Crippen LogP contribution is -2.36. The minimum atomic E-state index is -0.599. The van der Waals surface area contributed by atoms with Crippen molar-refractivity contribution in [3.05, 3.63) is 35.4 Å². The third-order valence-corrected chi connectivity index (χ3v) is 2.74.